The van der Waals surface area contributed by atoms with Crippen molar-refractivity contribution < 1.29 is 5.11 Å². The van der Waals surface area contributed by atoms with Gasteiger partial charge in [0.15, 0.2) is 0 Å². The zero-order valence-electron chi connectivity index (χ0n) is 11.5. The first-order valence-electron chi connectivity index (χ1n) is 6.88. The van der Waals surface area contributed by atoms with E-state index in [-0.39, 0.29) is 0 Å². The molecule has 3 atom stereocenters. The Hall–Kier alpha value is -0.530. The first kappa shape index (κ1) is 13.9. The van der Waals surface area contributed by atoms with Gasteiger partial charge in [-0.3, -0.25) is 0 Å². The molecule has 2 heteroatoms. The van der Waals surface area contributed by atoms with E-state index in [9.17, 15) is 5.11 Å². The molecule has 0 saturated heterocycles. The fourth-order valence-corrected chi connectivity index (χ4v) is 3.64. The van der Waals surface area contributed by atoms with Gasteiger partial charge in [0.2, 0.25) is 0 Å². The van der Waals surface area contributed by atoms with Crippen LogP contribution in [0.2, 0.25) is 5.02 Å². The molecule has 1 saturated carbocycles. The Morgan fingerprint density at radius 3 is 2.33 bits per heavy atom. The summed E-state index contributed by atoms with van der Waals surface area (Å²) in [6.45, 7) is 6.52. The summed E-state index contributed by atoms with van der Waals surface area (Å²) in [6, 6.07) is 7.65. The second kappa shape index (κ2) is 5.22. The molecule has 100 valence electrons. The molecule has 0 aliphatic heterocycles. The molecule has 1 N–H and O–H groups in total. The maximum atomic E-state index is 10.9. The van der Waals surface area contributed by atoms with Gasteiger partial charge in [0.25, 0.3) is 0 Å². The third-order valence-corrected chi connectivity index (χ3v) is 4.62. The standard InChI is InChI=1S/C16H23ClO/c1-11-7-12(2)9-14(8-11)16(3,18)13-5-4-6-15(17)10-13/h4-6,10-12,14,18H,7-9H2,1-3H3. The second-order valence-corrected chi connectivity index (χ2v) is 6.71. The molecule has 1 fully saturated rings. The lowest BCUT2D eigenvalue weighted by atomic mass is 9.68. The average molecular weight is 267 g/mol. The van der Waals surface area contributed by atoms with Crippen LogP contribution in [0.3, 0.4) is 0 Å². The van der Waals surface area contributed by atoms with E-state index in [0.717, 1.165) is 18.4 Å². The summed E-state index contributed by atoms with van der Waals surface area (Å²) in [4.78, 5) is 0. The van der Waals surface area contributed by atoms with Gasteiger partial charge in [-0.05, 0) is 61.6 Å². The summed E-state index contributed by atoms with van der Waals surface area (Å²) >= 11 is 6.04. The average Bonchev–Trinajstić information content (AvgIpc) is 2.27. The highest BCUT2D eigenvalue weighted by Gasteiger charge is 2.38. The minimum absolute atomic E-state index is 0.328. The molecule has 0 amide bonds. The molecule has 0 radical (unpaired) electrons. The van der Waals surface area contributed by atoms with Gasteiger partial charge in [-0.15, -0.1) is 0 Å². The molecule has 1 aliphatic rings. The van der Waals surface area contributed by atoms with E-state index < -0.39 is 5.60 Å². The van der Waals surface area contributed by atoms with Crippen molar-refractivity contribution in [3.05, 3.63) is 34.9 Å². The van der Waals surface area contributed by atoms with Crippen molar-refractivity contribution in [2.75, 3.05) is 0 Å². The maximum Gasteiger partial charge on any atom is 0.0897 e. The zero-order chi connectivity index (χ0) is 13.3. The Morgan fingerprint density at radius 1 is 1.17 bits per heavy atom. The quantitative estimate of drug-likeness (QED) is 0.828. The number of benzene rings is 1. The Bertz CT molecular complexity index is 403. The lowest BCUT2D eigenvalue weighted by Crippen LogP contribution is -2.37. The third-order valence-electron chi connectivity index (χ3n) is 4.38. The normalized spacial score (nSPS) is 31.9. The largest absolute Gasteiger partial charge is 0.385 e. The molecule has 1 aromatic rings. The van der Waals surface area contributed by atoms with Crippen molar-refractivity contribution in [1.29, 1.82) is 0 Å². The van der Waals surface area contributed by atoms with Gasteiger partial charge in [0.1, 0.15) is 0 Å². The summed E-state index contributed by atoms with van der Waals surface area (Å²) in [6.07, 6.45) is 3.48. The van der Waals surface area contributed by atoms with Gasteiger partial charge in [0.05, 0.1) is 5.60 Å². The van der Waals surface area contributed by atoms with Gasteiger partial charge < -0.3 is 5.11 Å². The van der Waals surface area contributed by atoms with Crippen LogP contribution in [0.4, 0.5) is 0 Å². The predicted octanol–water partition coefficient (Wildman–Crippen LogP) is 4.62. The van der Waals surface area contributed by atoms with Crippen LogP contribution in [-0.2, 0) is 5.60 Å². The van der Waals surface area contributed by atoms with Crippen LogP contribution in [0.15, 0.2) is 24.3 Å². The zero-order valence-corrected chi connectivity index (χ0v) is 12.2. The van der Waals surface area contributed by atoms with Crippen molar-refractivity contribution in [2.24, 2.45) is 17.8 Å². The van der Waals surface area contributed by atoms with Crippen molar-refractivity contribution >= 4 is 11.6 Å². The molecular weight excluding hydrogens is 244 g/mol. The van der Waals surface area contributed by atoms with Crippen LogP contribution in [0.1, 0.15) is 45.6 Å². The van der Waals surface area contributed by atoms with Crippen molar-refractivity contribution in [3.63, 3.8) is 0 Å². The van der Waals surface area contributed by atoms with Gasteiger partial charge in [0, 0.05) is 5.02 Å². The van der Waals surface area contributed by atoms with Crippen LogP contribution < -0.4 is 0 Å². The molecule has 18 heavy (non-hydrogen) atoms. The van der Waals surface area contributed by atoms with Crippen LogP contribution in [0, 0.1) is 17.8 Å². The van der Waals surface area contributed by atoms with Crippen molar-refractivity contribution in [1.82, 2.24) is 0 Å². The SMILES string of the molecule is CC1CC(C)CC(C(C)(O)c2cccc(Cl)c2)C1. The Kier molecular flexibility index (Phi) is 4.03. The third kappa shape index (κ3) is 2.89. The topological polar surface area (TPSA) is 20.2 Å². The predicted molar refractivity (Wildman–Crippen MR) is 76.7 cm³/mol. The Labute approximate surface area is 115 Å². The molecule has 3 unspecified atom stereocenters. The van der Waals surface area contributed by atoms with E-state index in [0.29, 0.717) is 22.8 Å². The highest BCUT2D eigenvalue weighted by molar-refractivity contribution is 6.30. The number of hydrogen-bond donors (Lipinski definition) is 1. The minimum Gasteiger partial charge on any atom is -0.385 e. The Balaban J connectivity index is 2.24. The van der Waals surface area contributed by atoms with E-state index in [1.54, 1.807) is 0 Å². The molecule has 1 nitrogen and oxygen atoms in total. The second-order valence-electron chi connectivity index (χ2n) is 6.27. The summed E-state index contributed by atoms with van der Waals surface area (Å²) in [5.74, 6) is 1.73. The summed E-state index contributed by atoms with van der Waals surface area (Å²) in [7, 11) is 0. The van der Waals surface area contributed by atoms with Gasteiger partial charge in [-0.1, -0.05) is 37.6 Å². The maximum absolute atomic E-state index is 10.9. The first-order valence-corrected chi connectivity index (χ1v) is 7.25. The lowest BCUT2D eigenvalue weighted by molar-refractivity contribution is -0.0386. The molecule has 2 rings (SSSR count). The van der Waals surface area contributed by atoms with Crippen LogP contribution in [0.5, 0.6) is 0 Å². The van der Waals surface area contributed by atoms with Crippen LogP contribution in [0.25, 0.3) is 0 Å². The van der Waals surface area contributed by atoms with Gasteiger partial charge in [-0.2, -0.15) is 0 Å². The molecule has 0 spiro atoms. The number of rotatable bonds is 2. The van der Waals surface area contributed by atoms with E-state index >= 15 is 0 Å². The smallest absolute Gasteiger partial charge is 0.0897 e. The molecule has 1 aromatic carbocycles. The van der Waals surface area contributed by atoms with Crippen LogP contribution in [-0.4, -0.2) is 5.11 Å². The van der Waals surface area contributed by atoms with Crippen molar-refractivity contribution in [3.8, 4) is 0 Å². The fraction of sp³-hybridized carbons (Fsp3) is 0.625. The number of aliphatic hydroxyl groups is 1. The van der Waals surface area contributed by atoms with E-state index in [2.05, 4.69) is 13.8 Å². The summed E-state index contributed by atoms with van der Waals surface area (Å²) in [5.41, 5.74) is 0.176. The van der Waals surface area contributed by atoms with Crippen molar-refractivity contribution in [2.45, 2.75) is 45.6 Å². The molecule has 0 heterocycles. The van der Waals surface area contributed by atoms with E-state index in [4.69, 9.17) is 11.6 Å². The fourth-order valence-electron chi connectivity index (χ4n) is 3.44. The molecule has 0 bridgehead atoms. The van der Waals surface area contributed by atoms with Crippen LogP contribution >= 0.6 is 11.6 Å². The van der Waals surface area contributed by atoms with E-state index in [1.807, 2.05) is 31.2 Å². The molecular formula is C16H23ClO. The monoisotopic (exact) mass is 266 g/mol. The van der Waals surface area contributed by atoms with E-state index in [1.165, 1.54) is 6.42 Å². The first-order chi connectivity index (χ1) is 8.39. The number of hydrogen-bond acceptors (Lipinski definition) is 1. The van der Waals surface area contributed by atoms with Gasteiger partial charge in [-0.25, -0.2) is 0 Å². The minimum atomic E-state index is -0.770. The summed E-state index contributed by atoms with van der Waals surface area (Å²) in [5, 5.41) is 11.6. The Morgan fingerprint density at radius 2 is 1.78 bits per heavy atom. The highest BCUT2D eigenvalue weighted by atomic mass is 35.5. The number of halogens is 1. The molecule has 0 aromatic heterocycles. The van der Waals surface area contributed by atoms with Gasteiger partial charge >= 0.3 is 0 Å². The lowest BCUT2D eigenvalue weighted by Gasteiger charge is -2.40. The highest BCUT2D eigenvalue weighted by Crippen LogP contribution is 2.43. The summed E-state index contributed by atoms with van der Waals surface area (Å²) < 4.78 is 0. The molecule has 1 aliphatic carbocycles.